The Labute approximate surface area is 137 Å². The molecule has 0 amide bonds. The predicted molar refractivity (Wildman–Crippen MR) is 89.5 cm³/mol. The Kier molecular flexibility index (Phi) is 6.18. The van der Waals surface area contributed by atoms with Gasteiger partial charge in [0.15, 0.2) is 6.10 Å². The first kappa shape index (κ1) is 17.0. The average molecular weight is 314 g/mol. The van der Waals surface area contributed by atoms with E-state index in [-0.39, 0.29) is 6.61 Å². The first-order chi connectivity index (χ1) is 11.1. The Balaban J connectivity index is 1.94. The lowest BCUT2D eigenvalue weighted by Gasteiger charge is -2.14. The number of rotatable bonds is 7. The van der Waals surface area contributed by atoms with Gasteiger partial charge in [0.25, 0.3) is 0 Å². The van der Waals surface area contributed by atoms with Gasteiger partial charge in [0, 0.05) is 7.11 Å². The molecule has 23 heavy (non-hydrogen) atoms. The van der Waals surface area contributed by atoms with Crippen molar-refractivity contribution in [2.24, 2.45) is 0 Å². The maximum absolute atomic E-state index is 11.7. The van der Waals surface area contributed by atoms with E-state index in [1.54, 1.807) is 14.0 Å². The fourth-order valence-corrected chi connectivity index (χ4v) is 2.07. The van der Waals surface area contributed by atoms with E-state index in [2.05, 4.69) is 31.2 Å². The lowest BCUT2D eigenvalue weighted by atomic mass is 10.0. The molecule has 0 N–H and O–H groups in total. The monoisotopic (exact) mass is 314 g/mol. The first-order valence-corrected chi connectivity index (χ1v) is 7.59. The zero-order chi connectivity index (χ0) is 16.7. The van der Waals surface area contributed by atoms with Crippen LogP contribution in [0.1, 0.15) is 12.5 Å². The molecular formula is C19H22O4. The number of methoxy groups -OCH3 is 1. The molecule has 2 rings (SSSR count). The van der Waals surface area contributed by atoms with Crippen molar-refractivity contribution in [1.29, 1.82) is 0 Å². The molecule has 0 unspecified atom stereocenters. The van der Waals surface area contributed by atoms with Crippen LogP contribution in [0.15, 0.2) is 48.5 Å². The molecule has 0 spiro atoms. The second-order valence-corrected chi connectivity index (χ2v) is 5.31. The maximum Gasteiger partial charge on any atom is 0.347 e. The summed E-state index contributed by atoms with van der Waals surface area (Å²) in [6.07, 6.45) is -0.655. The van der Waals surface area contributed by atoms with Crippen molar-refractivity contribution in [3.05, 3.63) is 54.1 Å². The molecule has 1 atom stereocenters. The van der Waals surface area contributed by atoms with Crippen molar-refractivity contribution in [2.75, 3.05) is 20.3 Å². The van der Waals surface area contributed by atoms with Crippen LogP contribution in [0.25, 0.3) is 11.1 Å². The van der Waals surface area contributed by atoms with Crippen molar-refractivity contribution >= 4 is 5.97 Å². The molecule has 0 heterocycles. The molecule has 122 valence electrons. The van der Waals surface area contributed by atoms with Crippen LogP contribution in [-0.2, 0) is 14.3 Å². The third-order valence-electron chi connectivity index (χ3n) is 3.42. The molecule has 0 aliphatic heterocycles. The second-order valence-electron chi connectivity index (χ2n) is 5.31. The molecule has 0 aliphatic rings. The van der Waals surface area contributed by atoms with Gasteiger partial charge in [-0.05, 0) is 37.1 Å². The van der Waals surface area contributed by atoms with Gasteiger partial charge < -0.3 is 14.2 Å². The van der Waals surface area contributed by atoms with Gasteiger partial charge in [-0.3, -0.25) is 0 Å². The zero-order valence-corrected chi connectivity index (χ0v) is 13.7. The number of carbonyl (C=O) groups is 1. The van der Waals surface area contributed by atoms with Crippen LogP contribution in [0.3, 0.4) is 0 Å². The van der Waals surface area contributed by atoms with E-state index in [9.17, 15) is 4.79 Å². The summed E-state index contributed by atoms with van der Waals surface area (Å²) >= 11 is 0. The van der Waals surface area contributed by atoms with Gasteiger partial charge in [-0.15, -0.1) is 0 Å². The van der Waals surface area contributed by atoms with Gasteiger partial charge in [-0.2, -0.15) is 0 Å². The molecule has 0 aliphatic carbocycles. The molecule has 2 aromatic carbocycles. The van der Waals surface area contributed by atoms with E-state index in [0.717, 1.165) is 11.1 Å². The van der Waals surface area contributed by atoms with Crippen molar-refractivity contribution in [3.63, 3.8) is 0 Å². The quantitative estimate of drug-likeness (QED) is 0.578. The second kappa shape index (κ2) is 8.34. The largest absolute Gasteiger partial charge is 0.479 e. The lowest BCUT2D eigenvalue weighted by molar-refractivity contribution is -0.152. The normalized spacial score (nSPS) is 11.8. The highest BCUT2D eigenvalue weighted by Crippen LogP contribution is 2.23. The first-order valence-electron chi connectivity index (χ1n) is 7.59. The number of esters is 1. The molecule has 0 saturated heterocycles. The summed E-state index contributed by atoms with van der Waals surface area (Å²) in [5, 5.41) is 0. The molecule has 0 saturated carbocycles. The SMILES string of the molecule is COCCOC(=O)[C@H](C)Oc1ccc(-c2ccc(C)cc2)cc1. The summed E-state index contributed by atoms with van der Waals surface area (Å²) in [6.45, 7) is 4.34. The van der Waals surface area contributed by atoms with Crippen LogP contribution >= 0.6 is 0 Å². The van der Waals surface area contributed by atoms with E-state index in [4.69, 9.17) is 14.2 Å². The van der Waals surface area contributed by atoms with E-state index in [1.807, 2.05) is 24.3 Å². The average Bonchev–Trinajstić information content (AvgIpc) is 2.56. The van der Waals surface area contributed by atoms with Crippen molar-refractivity contribution in [1.82, 2.24) is 0 Å². The molecule has 0 radical (unpaired) electrons. The summed E-state index contributed by atoms with van der Waals surface area (Å²) in [5.74, 6) is 0.238. The Hall–Kier alpha value is -2.33. The topological polar surface area (TPSA) is 44.8 Å². The minimum absolute atomic E-state index is 0.232. The standard InChI is InChI=1S/C19H22O4/c1-14-4-6-16(7-5-14)17-8-10-18(11-9-17)23-15(2)19(20)22-13-12-21-3/h4-11,15H,12-13H2,1-3H3/t15-/m0/s1. The Morgan fingerprint density at radius 3 is 2.09 bits per heavy atom. The van der Waals surface area contributed by atoms with Crippen molar-refractivity contribution in [3.8, 4) is 16.9 Å². The minimum atomic E-state index is -0.655. The number of carbonyl (C=O) groups excluding carboxylic acids is 1. The van der Waals surface area contributed by atoms with E-state index in [0.29, 0.717) is 12.4 Å². The van der Waals surface area contributed by atoms with E-state index >= 15 is 0 Å². The predicted octanol–water partition coefficient (Wildman–Crippen LogP) is 3.62. The summed E-state index contributed by atoms with van der Waals surface area (Å²) < 4.78 is 15.5. The zero-order valence-electron chi connectivity index (χ0n) is 13.7. The molecule has 0 aromatic heterocycles. The van der Waals surface area contributed by atoms with Gasteiger partial charge in [0.2, 0.25) is 0 Å². The fourth-order valence-electron chi connectivity index (χ4n) is 2.07. The summed E-state index contributed by atoms with van der Waals surface area (Å²) in [5.41, 5.74) is 3.48. The third kappa shape index (κ3) is 5.11. The van der Waals surface area contributed by atoms with Gasteiger partial charge >= 0.3 is 5.97 Å². The molecule has 0 fully saturated rings. The molecular weight excluding hydrogens is 292 g/mol. The Morgan fingerprint density at radius 2 is 1.52 bits per heavy atom. The lowest BCUT2D eigenvalue weighted by Crippen LogP contribution is -2.27. The van der Waals surface area contributed by atoms with Gasteiger partial charge in [0.05, 0.1) is 6.61 Å². The van der Waals surface area contributed by atoms with Crippen molar-refractivity contribution < 1.29 is 19.0 Å². The summed E-state index contributed by atoms with van der Waals surface area (Å²) in [4.78, 5) is 11.7. The number of hydrogen-bond acceptors (Lipinski definition) is 4. The molecule has 0 bridgehead atoms. The highest BCUT2D eigenvalue weighted by molar-refractivity contribution is 5.74. The number of hydrogen-bond donors (Lipinski definition) is 0. The smallest absolute Gasteiger partial charge is 0.347 e. The van der Waals surface area contributed by atoms with E-state index < -0.39 is 12.1 Å². The highest BCUT2D eigenvalue weighted by atomic mass is 16.6. The molecule has 4 heteroatoms. The third-order valence-corrected chi connectivity index (χ3v) is 3.42. The van der Waals surface area contributed by atoms with E-state index in [1.165, 1.54) is 5.56 Å². The van der Waals surface area contributed by atoms with Crippen LogP contribution in [0.4, 0.5) is 0 Å². The Bertz CT molecular complexity index is 617. The van der Waals surface area contributed by atoms with Crippen LogP contribution in [-0.4, -0.2) is 32.4 Å². The number of ether oxygens (including phenoxy) is 3. The number of benzene rings is 2. The maximum atomic E-state index is 11.7. The van der Waals surface area contributed by atoms with Crippen LogP contribution in [0, 0.1) is 6.92 Å². The van der Waals surface area contributed by atoms with Crippen LogP contribution in [0.5, 0.6) is 5.75 Å². The minimum Gasteiger partial charge on any atom is -0.479 e. The van der Waals surface area contributed by atoms with Crippen LogP contribution in [0.2, 0.25) is 0 Å². The van der Waals surface area contributed by atoms with Crippen LogP contribution < -0.4 is 4.74 Å². The molecule has 4 nitrogen and oxygen atoms in total. The van der Waals surface area contributed by atoms with Crippen molar-refractivity contribution in [2.45, 2.75) is 20.0 Å². The van der Waals surface area contributed by atoms with Gasteiger partial charge in [0.1, 0.15) is 12.4 Å². The highest BCUT2D eigenvalue weighted by Gasteiger charge is 2.16. The molecule has 2 aromatic rings. The fraction of sp³-hybridized carbons (Fsp3) is 0.316. The summed E-state index contributed by atoms with van der Waals surface area (Å²) in [6, 6.07) is 16.0. The number of aryl methyl sites for hydroxylation is 1. The summed E-state index contributed by atoms with van der Waals surface area (Å²) in [7, 11) is 1.56. The Morgan fingerprint density at radius 1 is 0.957 bits per heavy atom. The van der Waals surface area contributed by atoms with Gasteiger partial charge in [-0.25, -0.2) is 4.79 Å². The van der Waals surface area contributed by atoms with Gasteiger partial charge in [-0.1, -0.05) is 42.0 Å².